The number of carbonyl (C=O) groups excluding carboxylic acids is 3. The van der Waals surface area contributed by atoms with E-state index in [1.807, 2.05) is 0 Å². The highest BCUT2D eigenvalue weighted by atomic mass is 32.2. The molecule has 2 aliphatic rings. The third-order valence-corrected chi connectivity index (χ3v) is 4.36. The van der Waals surface area contributed by atoms with Crippen LogP contribution >= 0.6 is 11.8 Å². The maximum Gasteiger partial charge on any atom is 0.333 e. The van der Waals surface area contributed by atoms with Crippen LogP contribution in [0.15, 0.2) is 23.6 Å². The van der Waals surface area contributed by atoms with E-state index in [9.17, 15) is 14.4 Å². The van der Waals surface area contributed by atoms with Crippen molar-refractivity contribution in [1.29, 1.82) is 0 Å². The van der Waals surface area contributed by atoms with Crippen LogP contribution in [-0.4, -0.2) is 53.4 Å². The van der Waals surface area contributed by atoms with Crippen LogP contribution in [0.4, 0.5) is 0 Å². The Balaban J connectivity index is 2.18. The zero-order valence-corrected chi connectivity index (χ0v) is 12.3. The Morgan fingerprint density at radius 3 is 2.86 bits per heavy atom. The molecular weight excluding hydrogens is 296 g/mol. The molecule has 0 aliphatic carbocycles. The summed E-state index contributed by atoms with van der Waals surface area (Å²) in [6, 6.07) is -1.53. The van der Waals surface area contributed by atoms with E-state index < -0.39 is 24.0 Å². The van der Waals surface area contributed by atoms with Gasteiger partial charge in [-0.2, -0.15) is 0 Å². The molecule has 0 radical (unpaired) electrons. The first-order chi connectivity index (χ1) is 9.97. The molecule has 0 bridgehead atoms. The predicted molar refractivity (Wildman–Crippen MR) is 75.9 cm³/mol. The Bertz CT molecular complexity index is 519. The first-order valence-corrected chi connectivity index (χ1v) is 7.24. The quantitative estimate of drug-likeness (QED) is 0.425. The first kappa shape index (κ1) is 15.6. The number of carbonyl (C=O) groups is 3. The van der Waals surface area contributed by atoms with Gasteiger partial charge in [-0.25, -0.2) is 4.79 Å². The molecule has 1 unspecified atom stereocenters. The molecule has 7 nitrogen and oxygen atoms in total. The lowest BCUT2D eigenvalue weighted by Gasteiger charge is -2.50. The van der Waals surface area contributed by atoms with Gasteiger partial charge in [0, 0.05) is 12.5 Å². The molecule has 2 aliphatic heterocycles. The Morgan fingerprint density at radius 2 is 2.24 bits per heavy atom. The van der Waals surface area contributed by atoms with Gasteiger partial charge in [0.2, 0.25) is 5.91 Å². The fourth-order valence-electron chi connectivity index (χ4n) is 2.12. The summed E-state index contributed by atoms with van der Waals surface area (Å²) in [7, 11) is 0. The van der Waals surface area contributed by atoms with E-state index in [1.54, 1.807) is 5.41 Å². The first-order valence-electron chi connectivity index (χ1n) is 6.30. The van der Waals surface area contributed by atoms with Gasteiger partial charge in [0.25, 0.3) is 0 Å². The summed E-state index contributed by atoms with van der Waals surface area (Å²) in [6.45, 7) is 4.71. The molecule has 2 rings (SSSR count). The van der Waals surface area contributed by atoms with Gasteiger partial charge in [-0.15, -0.1) is 11.8 Å². The minimum Gasteiger partial charge on any atom is -0.461 e. The van der Waals surface area contributed by atoms with Gasteiger partial charge in [0.1, 0.15) is 24.6 Å². The molecule has 0 saturated carbocycles. The van der Waals surface area contributed by atoms with Crippen molar-refractivity contribution in [3.63, 3.8) is 0 Å². The van der Waals surface area contributed by atoms with E-state index in [-0.39, 0.29) is 24.5 Å². The maximum atomic E-state index is 12.2. The predicted octanol–water partition coefficient (Wildman–Crippen LogP) is -0.226. The summed E-state index contributed by atoms with van der Waals surface area (Å²) in [6.07, 6.45) is 1.44. The van der Waals surface area contributed by atoms with Crippen molar-refractivity contribution >= 4 is 29.6 Å². The number of esters is 2. The standard InChI is InChI=1S/C13H16N2O5S/c1-3-4-19-13(18)10-8(5-20-7(2)16)6-21-12-9(14)11(17)15(10)12/h3,6,9-10,12H,1,4-5,14H2,2H3/t9-,10?,12+/m0/s1. The summed E-state index contributed by atoms with van der Waals surface area (Å²) in [5, 5.41) is 1.41. The fourth-order valence-corrected chi connectivity index (χ4v) is 3.27. The highest BCUT2D eigenvalue weighted by Gasteiger charge is 2.54. The Labute approximate surface area is 126 Å². The monoisotopic (exact) mass is 312 g/mol. The average molecular weight is 312 g/mol. The maximum absolute atomic E-state index is 12.2. The summed E-state index contributed by atoms with van der Waals surface area (Å²) in [5.74, 6) is -1.37. The molecule has 0 spiro atoms. The molecule has 0 aromatic carbocycles. The number of fused-ring (bicyclic) bond motifs is 1. The van der Waals surface area contributed by atoms with Crippen LogP contribution in [0.2, 0.25) is 0 Å². The van der Waals surface area contributed by atoms with Gasteiger partial charge in [0.15, 0.2) is 6.04 Å². The molecule has 8 heteroatoms. The summed E-state index contributed by atoms with van der Waals surface area (Å²) in [4.78, 5) is 36.4. The van der Waals surface area contributed by atoms with E-state index >= 15 is 0 Å². The Hall–Kier alpha value is -1.80. The van der Waals surface area contributed by atoms with Crippen LogP contribution in [0.5, 0.6) is 0 Å². The average Bonchev–Trinajstić information content (AvgIpc) is 2.48. The molecule has 2 N–H and O–H groups in total. The Kier molecular flexibility index (Phi) is 4.69. The number of nitrogens with zero attached hydrogens (tertiary/aromatic N) is 1. The zero-order chi connectivity index (χ0) is 15.6. The van der Waals surface area contributed by atoms with Crippen molar-refractivity contribution in [1.82, 2.24) is 4.90 Å². The SMILES string of the molecule is C=CCOC(=O)C1C(COC(C)=O)=CS[C@@H]2[C@@H](N)C(=O)N12. The van der Waals surface area contributed by atoms with Crippen LogP contribution in [0, 0.1) is 0 Å². The molecule has 1 saturated heterocycles. The topological polar surface area (TPSA) is 98.9 Å². The highest BCUT2D eigenvalue weighted by molar-refractivity contribution is 8.02. The van der Waals surface area contributed by atoms with Crippen molar-refractivity contribution < 1.29 is 23.9 Å². The molecular formula is C13H16N2O5S. The van der Waals surface area contributed by atoms with E-state index in [1.165, 1.54) is 29.7 Å². The number of ether oxygens (including phenoxy) is 2. The van der Waals surface area contributed by atoms with E-state index in [0.29, 0.717) is 5.57 Å². The highest BCUT2D eigenvalue weighted by Crippen LogP contribution is 2.39. The number of nitrogens with two attached hydrogens (primary N) is 1. The second-order valence-corrected chi connectivity index (χ2v) is 5.58. The van der Waals surface area contributed by atoms with Crippen molar-refractivity contribution in [2.45, 2.75) is 24.4 Å². The van der Waals surface area contributed by atoms with Gasteiger partial charge in [0.05, 0.1) is 0 Å². The number of amides is 1. The normalized spacial score (nSPS) is 27.1. The lowest BCUT2D eigenvalue weighted by Crippen LogP contribution is -2.72. The van der Waals surface area contributed by atoms with E-state index in [4.69, 9.17) is 15.2 Å². The molecule has 1 amide bonds. The summed E-state index contributed by atoms with van der Waals surface area (Å²) in [5.41, 5.74) is 6.21. The minimum atomic E-state index is -0.900. The third kappa shape index (κ3) is 2.96. The zero-order valence-electron chi connectivity index (χ0n) is 11.5. The number of thioether (sulfide) groups is 1. The van der Waals surface area contributed by atoms with Gasteiger partial charge < -0.3 is 20.1 Å². The Morgan fingerprint density at radius 1 is 1.52 bits per heavy atom. The third-order valence-electron chi connectivity index (χ3n) is 3.12. The molecule has 114 valence electrons. The number of β-lactam (4-membered cyclic amide) rings is 1. The molecule has 1 fully saturated rings. The van der Waals surface area contributed by atoms with Crippen LogP contribution in [0.3, 0.4) is 0 Å². The van der Waals surface area contributed by atoms with Gasteiger partial charge in [-0.1, -0.05) is 12.7 Å². The van der Waals surface area contributed by atoms with Gasteiger partial charge in [-0.3, -0.25) is 9.59 Å². The van der Waals surface area contributed by atoms with E-state index in [2.05, 4.69) is 6.58 Å². The molecule has 0 aromatic rings. The van der Waals surface area contributed by atoms with Crippen molar-refractivity contribution in [3.05, 3.63) is 23.6 Å². The van der Waals surface area contributed by atoms with Crippen molar-refractivity contribution in [3.8, 4) is 0 Å². The molecule has 3 atom stereocenters. The molecule has 21 heavy (non-hydrogen) atoms. The second-order valence-electron chi connectivity index (χ2n) is 4.59. The van der Waals surface area contributed by atoms with Crippen LogP contribution in [-0.2, 0) is 23.9 Å². The molecule has 0 aromatic heterocycles. The van der Waals surface area contributed by atoms with Gasteiger partial charge in [-0.05, 0) is 5.41 Å². The van der Waals surface area contributed by atoms with Crippen LogP contribution in [0.1, 0.15) is 6.92 Å². The smallest absolute Gasteiger partial charge is 0.333 e. The van der Waals surface area contributed by atoms with Crippen LogP contribution in [0.25, 0.3) is 0 Å². The lowest BCUT2D eigenvalue weighted by atomic mass is 9.99. The summed E-state index contributed by atoms with van der Waals surface area (Å²) >= 11 is 1.33. The largest absolute Gasteiger partial charge is 0.461 e. The summed E-state index contributed by atoms with van der Waals surface area (Å²) < 4.78 is 9.94. The second kappa shape index (κ2) is 6.31. The van der Waals surface area contributed by atoms with E-state index in [0.717, 1.165) is 0 Å². The minimum absolute atomic E-state index is 0.0437. The van der Waals surface area contributed by atoms with Crippen molar-refractivity contribution in [2.24, 2.45) is 5.73 Å². The number of rotatable bonds is 5. The number of hydrogen-bond acceptors (Lipinski definition) is 7. The van der Waals surface area contributed by atoms with Gasteiger partial charge >= 0.3 is 11.9 Å². The lowest BCUT2D eigenvalue weighted by molar-refractivity contribution is -0.161. The van der Waals surface area contributed by atoms with Crippen LogP contribution < -0.4 is 5.73 Å². The fraction of sp³-hybridized carbons (Fsp3) is 0.462. The number of hydrogen-bond donors (Lipinski definition) is 1. The van der Waals surface area contributed by atoms with Crippen molar-refractivity contribution in [2.75, 3.05) is 13.2 Å². The molecule has 2 heterocycles.